The minimum atomic E-state index is 0.484. The lowest BCUT2D eigenvalue weighted by atomic mass is 10.2. The van der Waals surface area contributed by atoms with Crippen molar-refractivity contribution in [2.24, 2.45) is 5.92 Å². The molecule has 0 fully saturated rings. The Kier molecular flexibility index (Phi) is 3.69. The summed E-state index contributed by atoms with van der Waals surface area (Å²) in [4.78, 5) is 0. The van der Waals surface area contributed by atoms with Crippen LogP contribution in [-0.2, 0) is 0 Å². The number of aromatic nitrogens is 2. The third-order valence-electron chi connectivity index (χ3n) is 2.14. The van der Waals surface area contributed by atoms with Crippen LogP contribution in [0.3, 0.4) is 0 Å². The smallest absolute Gasteiger partial charge is 0.155 e. The third kappa shape index (κ3) is 2.58. The largest absolute Gasteiger partial charge is 0.368 e. The van der Waals surface area contributed by atoms with E-state index in [4.69, 9.17) is 11.6 Å². The van der Waals surface area contributed by atoms with Crippen LogP contribution in [0.4, 0.5) is 5.82 Å². The number of anilines is 1. The zero-order chi connectivity index (χ0) is 10.7. The molecule has 0 aliphatic rings. The molecule has 0 aliphatic carbocycles. The van der Waals surface area contributed by atoms with Crippen LogP contribution in [-0.4, -0.2) is 16.7 Å². The van der Waals surface area contributed by atoms with E-state index < -0.39 is 0 Å². The van der Waals surface area contributed by atoms with Crippen molar-refractivity contribution in [2.75, 3.05) is 11.9 Å². The van der Waals surface area contributed by atoms with E-state index in [1.165, 1.54) is 0 Å². The second-order valence-corrected chi connectivity index (χ2v) is 4.22. The Hall–Kier alpha value is -0.830. The zero-order valence-corrected chi connectivity index (χ0v) is 9.81. The van der Waals surface area contributed by atoms with Gasteiger partial charge in [-0.2, -0.15) is 0 Å². The molecule has 0 aromatic carbocycles. The first kappa shape index (κ1) is 11.2. The highest BCUT2D eigenvalue weighted by molar-refractivity contribution is 6.30. The van der Waals surface area contributed by atoms with Crippen LogP contribution < -0.4 is 5.32 Å². The molecular formula is C10H16ClN3. The van der Waals surface area contributed by atoms with Crippen molar-refractivity contribution in [1.29, 1.82) is 0 Å². The second kappa shape index (κ2) is 4.60. The van der Waals surface area contributed by atoms with Crippen molar-refractivity contribution in [3.05, 3.63) is 16.3 Å². The Morgan fingerprint density at radius 2 is 1.86 bits per heavy atom. The quantitative estimate of drug-likeness (QED) is 0.839. The second-order valence-electron chi connectivity index (χ2n) is 3.86. The van der Waals surface area contributed by atoms with Crippen LogP contribution >= 0.6 is 11.6 Å². The van der Waals surface area contributed by atoms with Gasteiger partial charge in [-0.25, -0.2) is 0 Å². The van der Waals surface area contributed by atoms with Gasteiger partial charge in [-0.05, 0) is 30.9 Å². The fourth-order valence-corrected chi connectivity index (χ4v) is 1.22. The Labute approximate surface area is 89.9 Å². The summed E-state index contributed by atoms with van der Waals surface area (Å²) in [6, 6.07) is 0. The highest BCUT2D eigenvalue weighted by atomic mass is 35.5. The summed E-state index contributed by atoms with van der Waals surface area (Å²) >= 11 is 5.85. The van der Waals surface area contributed by atoms with Crippen LogP contribution in [0.25, 0.3) is 0 Å². The molecule has 0 aliphatic heterocycles. The minimum absolute atomic E-state index is 0.484. The van der Waals surface area contributed by atoms with Crippen molar-refractivity contribution in [2.45, 2.75) is 27.7 Å². The fourth-order valence-electron chi connectivity index (χ4n) is 1.04. The predicted molar refractivity (Wildman–Crippen MR) is 59.8 cm³/mol. The van der Waals surface area contributed by atoms with Crippen molar-refractivity contribution < 1.29 is 0 Å². The number of hydrogen-bond acceptors (Lipinski definition) is 3. The molecule has 0 bridgehead atoms. The first-order valence-corrected chi connectivity index (χ1v) is 5.13. The molecule has 1 rings (SSSR count). The molecule has 1 N–H and O–H groups in total. The van der Waals surface area contributed by atoms with E-state index in [1.807, 2.05) is 13.8 Å². The highest BCUT2D eigenvalue weighted by Crippen LogP contribution is 2.20. The number of nitrogens with one attached hydrogen (secondary N) is 1. The Morgan fingerprint density at radius 1 is 1.21 bits per heavy atom. The number of rotatable bonds is 3. The highest BCUT2D eigenvalue weighted by Gasteiger charge is 2.07. The summed E-state index contributed by atoms with van der Waals surface area (Å²) in [6.45, 7) is 9.15. The molecule has 0 unspecified atom stereocenters. The van der Waals surface area contributed by atoms with Gasteiger partial charge in [0.25, 0.3) is 0 Å². The number of hydrogen-bond donors (Lipinski definition) is 1. The van der Waals surface area contributed by atoms with Crippen molar-refractivity contribution in [3.63, 3.8) is 0 Å². The molecule has 0 radical (unpaired) electrons. The van der Waals surface area contributed by atoms with Crippen LogP contribution in [0.1, 0.15) is 25.0 Å². The first-order valence-electron chi connectivity index (χ1n) is 4.75. The lowest BCUT2D eigenvalue weighted by molar-refractivity contribution is 0.685. The molecular weight excluding hydrogens is 198 g/mol. The van der Waals surface area contributed by atoms with Gasteiger partial charge in [0, 0.05) is 6.54 Å². The summed E-state index contributed by atoms with van der Waals surface area (Å²) in [5, 5.41) is 11.6. The topological polar surface area (TPSA) is 37.8 Å². The number of nitrogens with zero attached hydrogens (tertiary/aromatic N) is 2. The predicted octanol–water partition coefficient (Wildman–Crippen LogP) is 2.81. The van der Waals surface area contributed by atoms with Gasteiger partial charge in [-0.1, -0.05) is 25.4 Å². The molecule has 0 atom stereocenters. The molecule has 3 nitrogen and oxygen atoms in total. The summed E-state index contributed by atoms with van der Waals surface area (Å²) in [5.41, 5.74) is 2.07. The molecule has 1 heterocycles. The van der Waals surface area contributed by atoms with E-state index in [2.05, 4.69) is 29.4 Å². The third-order valence-corrected chi connectivity index (χ3v) is 2.50. The maximum atomic E-state index is 5.85. The normalized spacial score (nSPS) is 10.7. The first-order chi connectivity index (χ1) is 6.52. The van der Waals surface area contributed by atoms with Gasteiger partial charge in [0.1, 0.15) is 0 Å². The van der Waals surface area contributed by atoms with Gasteiger partial charge in [0.05, 0.1) is 0 Å². The maximum Gasteiger partial charge on any atom is 0.155 e. The van der Waals surface area contributed by atoms with Gasteiger partial charge < -0.3 is 5.32 Å². The molecule has 1 aromatic heterocycles. The van der Waals surface area contributed by atoms with Crippen molar-refractivity contribution >= 4 is 17.4 Å². The summed E-state index contributed by atoms with van der Waals surface area (Å²) < 4.78 is 0. The van der Waals surface area contributed by atoms with Crippen molar-refractivity contribution in [3.8, 4) is 0 Å². The summed E-state index contributed by atoms with van der Waals surface area (Å²) in [7, 11) is 0. The summed E-state index contributed by atoms with van der Waals surface area (Å²) in [6.07, 6.45) is 0. The van der Waals surface area contributed by atoms with E-state index in [-0.39, 0.29) is 0 Å². The van der Waals surface area contributed by atoms with E-state index >= 15 is 0 Å². The van der Waals surface area contributed by atoms with Crippen LogP contribution in [0, 0.1) is 19.8 Å². The molecule has 14 heavy (non-hydrogen) atoms. The van der Waals surface area contributed by atoms with Gasteiger partial charge in [-0.3, -0.25) is 0 Å². The van der Waals surface area contributed by atoms with E-state index in [0.29, 0.717) is 11.1 Å². The van der Waals surface area contributed by atoms with Gasteiger partial charge in [0.2, 0.25) is 0 Å². The molecule has 1 aromatic rings. The summed E-state index contributed by atoms with van der Waals surface area (Å²) in [5.74, 6) is 1.42. The maximum absolute atomic E-state index is 5.85. The fraction of sp³-hybridized carbons (Fsp3) is 0.600. The average Bonchev–Trinajstić information content (AvgIpc) is 2.13. The van der Waals surface area contributed by atoms with Gasteiger partial charge >= 0.3 is 0 Å². The Morgan fingerprint density at radius 3 is 2.43 bits per heavy atom. The molecule has 78 valence electrons. The van der Waals surface area contributed by atoms with Crippen molar-refractivity contribution in [1.82, 2.24) is 10.2 Å². The average molecular weight is 214 g/mol. The van der Waals surface area contributed by atoms with Crippen LogP contribution in [0.2, 0.25) is 5.15 Å². The van der Waals surface area contributed by atoms with Gasteiger partial charge in [-0.15, -0.1) is 10.2 Å². The van der Waals surface area contributed by atoms with Crippen LogP contribution in [0.5, 0.6) is 0 Å². The zero-order valence-electron chi connectivity index (χ0n) is 9.06. The lowest BCUT2D eigenvalue weighted by Crippen LogP contribution is -2.11. The molecule has 0 amide bonds. The number of halogens is 1. The van der Waals surface area contributed by atoms with E-state index in [9.17, 15) is 0 Å². The monoisotopic (exact) mass is 213 g/mol. The van der Waals surface area contributed by atoms with E-state index in [1.54, 1.807) is 0 Å². The Bertz CT molecular complexity index is 323. The molecule has 0 saturated carbocycles. The van der Waals surface area contributed by atoms with Gasteiger partial charge in [0.15, 0.2) is 11.0 Å². The Balaban J connectivity index is 2.83. The van der Waals surface area contributed by atoms with Crippen LogP contribution in [0.15, 0.2) is 0 Å². The molecule has 4 heteroatoms. The standard InChI is InChI=1S/C10H16ClN3/c1-6(2)5-12-10-8(4)7(3)9(11)13-14-10/h6H,5H2,1-4H3,(H,12,14). The SMILES string of the molecule is Cc1c(Cl)nnc(NCC(C)C)c1C. The minimum Gasteiger partial charge on any atom is -0.368 e. The lowest BCUT2D eigenvalue weighted by Gasteiger charge is -2.11. The van der Waals surface area contributed by atoms with E-state index in [0.717, 1.165) is 23.5 Å². The molecule has 0 spiro atoms. The molecule has 0 saturated heterocycles.